The number of carbonyl (C=O) groups excluding carboxylic acids is 5. The molecule has 62 heavy (non-hydrogen) atoms. The number of rotatable bonds is 23. The smallest absolute Gasteiger partial charge is 0.254 e. The molecule has 4 fully saturated rings. The van der Waals surface area contributed by atoms with Gasteiger partial charge in [0, 0.05) is 73.7 Å². The summed E-state index contributed by atoms with van der Waals surface area (Å²) in [4.78, 5) is 71.8. The molecule has 2 aliphatic carbocycles. The van der Waals surface area contributed by atoms with Gasteiger partial charge in [-0.1, -0.05) is 138 Å². The zero-order valence-corrected chi connectivity index (χ0v) is 36.9. The number of nitrogens with one attached hydrogen (secondary N) is 3. The van der Waals surface area contributed by atoms with Gasteiger partial charge in [-0.25, -0.2) is 0 Å². The van der Waals surface area contributed by atoms with E-state index >= 15 is 0 Å². The molecule has 10 nitrogen and oxygen atoms in total. The first kappa shape index (κ1) is 45.0. The highest BCUT2D eigenvalue weighted by atomic mass is 16.2. The first-order chi connectivity index (χ1) is 30.3. The van der Waals surface area contributed by atoms with E-state index in [0.29, 0.717) is 30.6 Å². The fourth-order valence-corrected chi connectivity index (χ4v) is 9.83. The van der Waals surface area contributed by atoms with Crippen LogP contribution in [0.5, 0.6) is 0 Å². The fraction of sp³-hybridized carbons (Fsp3) is 0.558. The summed E-state index contributed by atoms with van der Waals surface area (Å²) in [6, 6.07) is 26.8. The third-order valence-corrected chi connectivity index (χ3v) is 13.8. The van der Waals surface area contributed by atoms with E-state index in [9.17, 15) is 24.0 Å². The maximum atomic E-state index is 14.0. The normalized spacial score (nSPS) is 23.8. The summed E-state index contributed by atoms with van der Waals surface area (Å²) in [6.45, 7) is 3.79. The Morgan fingerprint density at radius 2 is 1.05 bits per heavy atom. The van der Waals surface area contributed by atoms with Gasteiger partial charge in [0.15, 0.2) is 0 Å². The quantitative estimate of drug-likeness (QED) is 0.0826. The molecule has 0 bridgehead atoms. The largest absolute Gasteiger partial charge is 0.356 e. The Hall–Kier alpha value is -4.99. The van der Waals surface area contributed by atoms with Crippen LogP contribution in [0, 0.1) is 11.8 Å². The van der Waals surface area contributed by atoms with Crippen molar-refractivity contribution in [2.24, 2.45) is 11.8 Å². The molecular weight excluding hydrogens is 775 g/mol. The van der Waals surface area contributed by atoms with Crippen molar-refractivity contribution in [1.82, 2.24) is 25.8 Å². The Kier molecular flexibility index (Phi) is 16.3. The van der Waals surface area contributed by atoms with Gasteiger partial charge in [0.1, 0.15) is 0 Å². The van der Waals surface area contributed by atoms with Crippen LogP contribution in [0.2, 0.25) is 0 Å². The predicted octanol–water partition coefficient (Wildman–Crippen LogP) is 8.53. The van der Waals surface area contributed by atoms with Gasteiger partial charge >= 0.3 is 0 Å². The van der Waals surface area contributed by atoms with Crippen LogP contribution in [0.3, 0.4) is 0 Å². The third kappa shape index (κ3) is 12.3. The molecule has 0 unspecified atom stereocenters. The van der Waals surface area contributed by atoms with Gasteiger partial charge in [0.05, 0.1) is 11.8 Å². The van der Waals surface area contributed by atoms with Gasteiger partial charge in [0.25, 0.3) is 11.8 Å². The first-order valence-electron chi connectivity index (χ1n) is 24.0. The second kappa shape index (κ2) is 22.4. The van der Waals surface area contributed by atoms with E-state index in [1.165, 1.54) is 75.3 Å². The lowest BCUT2D eigenvalue weighted by Crippen LogP contribution is -2.43. The Bertz CT molecular complexity index is 1860. The van der Waals surface area contributed by atoms with Gasteiger partial charge in [-0.2, -0.15) is 0 Å². The topological polar surface area (TPSA) is 128 Å². The zero-order valence-electron chi connectivity index (χ0n) is 36.9. The van der Waals surface area contributed by atoms with E-state index in [-0.39, 0.29) is 72.6 Å². The molecule has 5 amide bonds. The molecule has 10 heteroatoms. The summed E-state index contributed by atoms with van der Waals surface area (Å²) in [7, 11) is 0. The molecule has 2 aliphatic heterocycles. The molecule has 332 valence electrons. The number of likely N-dealkylation sites (tertiary alicyclic amines) is 2. The number of amides is 5. The van der Waals surface area contributed by atoms with Crippen LogP contribution in [-0.4, -0.2) is 83.6 Å². The SMILES string of the molecule is CCCCCCCCCCCCCCNC(=O)C[C@H]1CCCN1C(=O)c1ccc(C(=O)N2C[C@@H](C(=O)N[C@H]3C[C@@H]3c3ccccc3)[C@H](C(=O)N[C@H]3C[C@@H]3c3ccccc3)C2)cc1. The lowest BCUT2D eigenvalue weighted by atomic mass is 9.94. The van der Waals surface area contributed by atoms with Crippen molar-refractivity contribution in [3.8, 4) is 0 Å². The number of nitrogens with zero attached hydrogens (tertiary/aromatic N) is 2. The highest BCUT2D eigenvalue weighted by Gasteiger charge is 2.49. The van der Waals surface area contributed by atoms with Crippen molar-refractivity contribution >= 4 is 29.5 Å². The highest BCUT2D eigenvalue weighted by molar-refractivity contribution is 5.99. The van der Waals surface area contributed by atoms with E-state index in [1.807, 2.05) is 36.4 Å². The van der Waals surface area contributed by atoms with Crippen LogP contribution < -0.4 is 16.0 Å². The summed E-state index contributed by atoms with van der Waals surface area (Å²) in [6.07, 6.45) is 18.9. The molecule has 3 aromatic carbocycles. The van der Waals surface area contributed by atoms with E-state index in [2.05, 4.69) is 47.1 Å². The minimum Gasteiger partial charge on any atom is -0.356 e. The van der Waals surface area contributed by atoms with Gasteiger partial charge in [-0.05, 0) is 67.5 Å². The molecule has 2 saturated heterocycles. The summed E-state index contributed by atoms with van der Waals surface area (Å²) >= 11 is 0. The van der Waals surface area contributed by atoms with Crippen molar-refractivity contribution in [2.75, 3.05) is 26.2 Å². The molecule has 3 aromatic rings. The molecular formula is C52H69N5O5. The fourth-order valence-electron chi connectivity index (χ4n) is 9.83. The van der Waals surface area contributed by atoms with Crippen molar-refractivity contribution in [3.63, 3.8) is 0 Å². The van der Waals surface area contributed by atoms with Crippen molar-refractivity contribution < 1.29 is 24.0 Å². The molecule has 2 heterocycles. The molecule has 0 spiro atoms. The summed E-state index contributed by atoms with van der Waals surface area (Å²) in [5, 5.41) is 9.48. The average molecular weight is 844 g/mol. The molecule has 2 saturated carbocycles. The lowest BCUT2D eigenvalue weighted by Gasteiger charge is -2.24. The number of hydrogen-bond acceptors (Lipinski definition) is 5. The minimum atomic E-state index is -0.681. The maximum Gasteiger partial charge on any atom is 0.254 e. The van der Waals surface area contributed by atoms with Crippen LogP contribution in [0.15, 0.2) is 84.9 Å². The second-order valence-electron chi connectivity index (χ2n) is 18.5. The van der Waals surface area contributed by atoms with Crippen LogP contribution >= 0.6 is 0 Å². The van der Waals surface area contributed by atoms with Crippen LogP contribution in [0.4, 0.5) is 0 Å². The Labute approximate surface area is 369 Å². The summed E-state index contributed by atoms with van der Waals surface area (Å²) in [5.41, 5.74) is 3.23. The van der Waals surface area contributed by atoms with Crippen LogP contribution in [-0.2, 0) is 14.4 Å². The number of unbranched alkanes of at least 4 members (excludes halogenated alkanes) is 11. The van der Waals surface area contributed by atoms with Crippen LogP contribution in [0.25, 0.3) is 0 Å². The first-order valence-corrected chi connectivity index (χ1v) is 24.0. The Balaban J connectivity index is 0.876. The monoisotopic (exact) mass is 844 g/mol. The van der Waals surface area contributed by atoms with Gasteiger partial charge in [-0.15, -0.1) is 0 Å². The number of hydrogen-bond donors (Lipinski definition) is 3. The maximum absolute atomic E-state index is 14.0. The zero-order chi connectivity index (χ0) is 43.3. The summed E-state index contributed by atoms with van der Waals surface area (Å²) in [5.74, 6) is -1.69. The van der Waals surface area contributed by atoms with E-state index in [1.54, 1.807) is 34.1 Å². The predicted molar refractivity (Wildman–Crippen MR) is 244 cm³/mol. The number of carbonyl (C=O) groups is 5. The third-order valence-electron chi connectivity index (χ3n) is 13.8. The van der Waals surface area contributed by atoms with Gasteiger partial charge in [0.2, 0.25) is 17.7 Å². The molecule has 4 aliphatic rings. The highest BCUT2D eigenvalue weighted by Crippen LogP contribution is 2.42. The summed E-state index contributed by atoms with van der Waals surface area (Å²) < 4.78 is 0. The van der Waals surface area contributed by atoms with Crippen LogP contribution in [0.1, 0.15) is 160 Å². The minimum absolute atomic E-state index is 0.00277. The van der Waals surface area contributed by atoms with Gasteiger partial charge in [-0.3, -0.25) is 24.0 Å². The molecule has 7 atom stereocenters. The second-order valence-corrected chi connectivity index (χ2v) is 18.5. The Morgan fingerprint density at radius 3 is 1.55 bits per heavy atom. The van der Waals surface area contributed by atoms with E-state index < -0.39 is 11.8 Å². The number of benzene rings is 3. The molecule has 0 aromatic heterocycles. The molecule has 0 radical (unpaired) electrons. The van der Waals surface area contributed by atoms with Gasteiger partial charge < -0.3 is 25.8 Å². The standard InChI is InChI=1S/C52H69N5O5/c1-2-3-4-5-6-7-8-9-10-11-12-19-30-53-48(58)32-41-25-20-31-57(41)52(62)40-28-26-39(27-29-40)51(61)56-35-44(49(59)54-46-33-42(46)37-21-15-13-16-22-37)45(36-56)50(60)55-47-34-43(47)38-23-17-14-18-24-38/h13-18,21-24,26-29,41-47H,2-12,19-20,25,30-36H2,1H3,(H,53,58)(H,54,59)(H,55,60)/t41-,42-,43-,44-,45-,46+,47+/m1/s1. The van der Waals surface area contributed by atoms with E-state index in [0.717, 1.165) is 38.5 Å². The molecule has 7 rings (SSSR count). The van der Waals surface area contributed by atoms with Crippen molar-refractivity contribution in [3.05, 3.63) is 107 Å². The van der Waals surface area contributed by atoms with E-state index in [4.69, 9.17) is 0 Å². The van der Waals surface area contributed by atoms with Crippen molar-refractivity contribution in [2.45, 2.75) is 146 Å². The Morgan fingerprint density at radius 1 is 0.581 bits per heavy atom. The van der Waals surface area contributed by atoms with Crippen molar-refractivity contribution in [1.29, 1.82) is 0 Å². The molecule has 3 N–H and O–H groups in total. The lowest BCUT2D eigenvalue weighted by molar-refractivity contribution is -0.133. The average Bonchev–Trinajstić information content (AvgIpc) is 4.14.